The Morgan fingerprint density at radius 3 is 2.52 bits per heavy atom. The van der Waals surface area contributed by atoms with E-state index in [2.05, 4.69) is 10.6 Å². The number of hydrogen-bond acceptors (Lipinski definition) is 5. The maximum atomic E-state index is 12.2. The van der Waals surface area contributed by atoms with Gasteiger partial charge in [0.15, 0.2) is 6.10 Å². The van der Waals surface area contributed by atoms with Gasteiger partial charge < -0.3 is 25.5 Å². The molecule has 2 rings (SSSR count). The second-order valence-electron chi connectivity index (χ2n) is 5.75. The zero-order valence-corrected chi connectivity index (χ0v) is 15.4. The highest BCUT2D eigenvalue weighted by molar-refractivity contribution is 6.30. The summed E-state index contributed by atoms with van der Waals surface area (Å²) >= 11 is 5.84. The highest BCUT2D eigenvalue weighted by Gasteiger charge is 2.22. The van der Waals surface area contributed by atoms with Crippen LogP contribution in [0.2, 0.25) is 5.02 Å². The largest absolute Gasteiger partial charge is 0.467 e. The lowest BCUT2D eigenvalue weighted by Crippen LogP contribution is -2.37. The van der Waals surface area contributed by atoms with Gasteiger partial charge in [0.1, 0.15) is 5.76 Å². The Morgan fingerprint density at radius 1 is 1.22 bits per heavy atom. The maximum absolute atomic E-state index is 12.2. The number of rotatable bonds is 8. The number of carbonyl (C=O) groups is 3. The maximum Gasteiger partial charge on any atom is 0.312 e. The lowest BCUT2D eigenvalue weighted by molar-refractivity contribution is -0.155. The van der Waals surface area contributed by atoms with E-state index in [1.54, 1.807) is 36.4 Å². The number of esters is 1. The molecule has 9 heteroatoms. The molecule has 0 radical (unpaired) electrons. The van der Waals surface area contributed by atoms with E-state index in [-0.39, 0.29) is 13.0 Å². The standard InChI is InChI=1S/C18H20ClN3O5/c1-11(17(24)21-10-14-3-2-8-26-14)27-16(23)9-15(22-18(20)25)12-4-6-13(19)7-5-12/h2-8,11,15H,9-10H2,1H3,(H,21,24)(H3,20,22,25)/t11-,15-/m1/s1. The molecule has 0 unspecified atom stereocenters. The Bertz CT molecular complexity index is 777. The van der Waals surface area contributed by atoms with Crippen LogP contribution in [-0.2, 0) is 20.9 Å². The minimum absolute atomic E-state index is 0.185. The van der Waals surface area contributed by atoms with Gasteiger partial charge in [0.25, 0.3) is 5.91 Å². The molecule has 0 bridgehead atoms. The zero-order valence-electron chi connectivity index (χ0n) is 14.6. The van der Waals surface area contributed by atoms with Gasteiger partial charge in [-0.15, -0.1) is 0 Å². The molecular formula is C18H20ClN3O5. The molecule has 8 nitrogen and oxygen atoms in total. The normalized spacial score (nSPS) is 12.7. The molecule has 27 heavy (non-hydrogen) atoms. The van der Waals surface area contributed by atoms with Crippen LogP contribution in [0.4, 0.5) is 4.79 Å². The van der Waals surface area contributed by atoms with Gasteiger partial charge in [-0.3, -0.25) is 9.59 Å². The number of hydrogen-bond donors (Lipinski definition) is 3. The Labute approximate surface area is 161 Å². The molecule has 0 spiro atoms. The van der Waals surface area contributed by atoms with Crippen molar-refractivity contribution in [2.45, 2.75) is 32.0 Å². The number of primary amides is 1. The molecule has 2 aromatic rings. The fourth-order valence-electron chi connectivity index (χ4n) is 2.32. The summed E-state index contributed by atoms with van der Waals surface area (Å²) in [6.07, 6.45) is 0.292. The minimum atomic E-state index is -1.01. The lowest BCUT2D eigenvalue weighted by Gasteiger charge is -2.19. The molecule has 1 aromatic carbocycles. The van der Waals surface area contributed by atoms with Crippen LogP contribution >= 0.6 is 11.6 Å². The molecule has 1 aromatic heterocycles. The number of amides is 3. The second kappa shape index (κ2) is 9.63. The van der Waals surface area contributed by atoms with Crippen LogP contribution < -0.4 is 16.4 Å². The fourth-order valence-corrected chi connectivity index (χ4v) is 2.44. The summed E-state index contributed by atoms with van der Waals surface area (Å²) < 4.78 is 10.2. The molecule has 0 saturated heterocycles. The number of benzene rings is 1. The molecule has 3 amide bonds. The first kappa shape index (κ1) is 20.3. The summed E-state index contributed by atoms with van der Waals surface area (Å²) in [4.78, 5) is 35.4. The van der Waals surface area contributed by atoms with Gasteiger partial charge >= 0.3 is 12.0 Å². The number of urea groups is 1. The van der Waals surface area contributed by atoms with Gasteiger partial charge in [0.2, 0.25) is 0 Å². The van der Waals surface area contributed by atoms with Crippen LogP contribution in [0.15, 0.2) is 47.1 Å². The summed E-state index contributed by atoms with van der Waals surface area (Å²) in [7, 11) is 0. The third-order valence-corrected chi connectivity index (χ3v) is 3.91. The van der Waals surface area contributed by atoms with Crippen molar-refractivity contribution < 1.29 is 23.5 Å². The molecule has 0 aliphatic rings. The number of carbonyl (C=O) groups excluding carboxylic acids is 3. The van der Waals surface area contributed by atoms with Crippen LogP contribution in [0.3, 0.4) is 0 Å². The predicted octanol–water partition coefficient (Wildman–Crippen LogP) is 2.28. The van der Waals surface area contributed by atoms with Crippen LogP contribution in [-0.4, -0.2) is 24.0 Å². The summed E-state index contributed by atoms with van der Waals surface area (Å²) in [5.74, 6) is -0.551. The third kappa shape index (κ3) is 6.67. The van der Waals surface area contributed by atoms with Crippen molar-refractivity contribution in [2.75, 3.05) is 0 Å². The van der Waals surface area contributed by atoms with Crippen molar-refractivity contribution in [1.29, 1.82) is 0 Å². The van der Waals surface area contributed by atoms with Crippen LogP contribution in [0, 0.1) is 0 Å². The average molecular weight is 394 g/mol. The van der Waals surface area contributed by atoms with Crippen LogP contribution in [0.1, 0.15) is 30.7 Å². The van der Waals surface area contributed by atoms with Crippen molar-refractivity contribution >= 4 is 29.5 Å². The molecule has 0 aliphatic heterocycles. The average Bonchev–Trinajstić information content (AvgIpc) is 3.12. The Kier molecular flexibility index (Phi) is 7.25. The Morgan fingerprint density at radius 2 is 1.93 bits per heavy atom. The van der Waals surface area contributed by atoms with Gasteiger partial charge in [-0.1, -0.05) is 23.7 Å². The first-order valence-electron chi connectivity index (χ1n) is 8.16. The quantitative estimate of drug-likeness (QED) is 0.593. The Hall–Kier alpha value is -3.00. The van der Waals surface area contributed by atoms with Crippen LogP contribution in [0.5, 0.6) is 0 Å². The number of halogens is 1. The van der Waals surface area contributed by atoms with E-state index in [1.165, 1.54) is 13.2 Å². The Balaban J connectivity index is 1.90. The number of nitrogens with one attached hydrogen (secondary N) is 2. The van der Waals surface area contributed by atoms with E-state index in [1.807, 2.05) is 0 Å². The highest BCUT2D eigenvalue weighted by atomic mass is 35.5. The van der Waals surface area contributed by atoms with E-state index in [0.717, 1.165) is 0 Å². The molecule has 0 saturated carbocycles. The van der Waals surface area contributed by atoms with E-state index in [0.29, 0.717) is 16.3 Å². The van der Waals surface area contributed by atoms with Crippen molar-refractivity contribution in [2.24, 2.45) is 5.73 Å². The first-order chi connectivity index (χ1) is 12.8. The molecule has 0 fully saturated rings. The van der Waals surface area contributed by atoms with Crippen LogP contribution in [0.25, 0.3) is 0 Å². The van der Waals surface area contributed by atoms with Crippen molar-refractivity contribution in [3.63, 3.8) is 0 Å². The zero-order chi connectivity index (χ0) is 19.8. The van der Waals surface area contributed by atoms with Gasteiger partial charge in [0, 0.05) is 5.02 Å². The molecule has 144 valence electrons. The monoisotopic (exact) mass is 393 g/mol. The summed E-state index contributed by atoms with van der Waals surface area (Å²) in [5.41, 5.74) is 5.80. The summed E-state index contributed by atoms with van der Waals surface area (Å²) in [5, 5.41) is 5.59. The minimum Gasteiger partial charge on any atom is -0.467 e. The SMILES string of the molecule is C[C@@H](OC(=O)C[C@@H](NC(N)=O)c1ccc(Cl)cc1)C(=O)NCc1ccco1. The third-order valence-electron chi connectivity index (χ3n) is 3.65. The van der Waals surface area contributed by atoms with Gasteiger partial charge in [-0.25, -0.2) is 4.79 Å². The number of furan rings is 1. The van der Waals surface area contributed by atoms with E-state index < -0.39 is 30.1 Å². The van der Waals surface area contributed by atoms with E-state index in [9.17, 15) is 14.4 Å². The van der Waals surface area contributed by atoms with Gasteiger partial charge in [0.05, 0.1) is 25.3 Å². The number of nitrogens with two attached hydrogens (primary N) is 1. The number of ether oxygens (including phenoxy) is 1. The van der Waals surface area contributed by atoms with E-state index >= 15 is 0 Å². The molecule has 1 heterocycles. The smallest absolute Gasteiger partial charge is 0.312 e. The lowest BCUT2D eigenvalue weighted by atomic mass is 10.0. The highest BCUT2D eigenvalue weighted by Crippen LogP contribution is 2.20. The predicted molar refractivity (Wildman–Crippen MR) is 97.6 cm³/mol. The second-order valence-corrected chi connectivity index (χ2v) is 6.18. The molecular weight excluding hydrogens is 374 g/mol. The first-order valence-corrected chi connectivity index (χ1v) is 8.54. The topological polar surface area (TPSA) is 124 Å². The van der Waals surface area contributed by atoms with E-state index in [4.69, 9.17) is 26.5 Å². The van der Waals surface area contributed by atoms with Gasteiger partial charge in [-0.05, 0) is 36.8 Å². The molecule has 0 aliphatic carbocycles. The van der Waals surface area contributed by atoms with Crippen molar-refractivity contribution in [3.05, 3.63) is 59.0 Å². The summed E-state index contributed by atoms with van der Waals surface area (Å²) in [6.45, 7) is 1.64. The molecule has 4 N–H and O–H groups in total. The fraction of sp³-hybridized carbons (Fsp3) is 0.278. The summed E-state index contributed by atoms with van der Waals surface area (Å²) in [6, 6.07) is 8.51. The van der Waals surface area contributed by atoms with Crippen molar-refractivity contribution in [3.8, 4) is 0 Å². The molecule has 2 atom stereocenters. The van der Waals surface area contributed by atoms with Gasteiger partial charge in [-0.2, -0.15) is 0 Å². The van der Waals surface area contributed by atoms with Crippen molar-refractivity contribution in [1.82, 2.24) is 10.6 Å².